The lowest BCUT2D eigenvalue weighted by Crippen LogP contribution is -2.40. The maximum atomic E-state index is 13.8. The van der Waals surface area contributed by atoms with Gasteiger partial charge in [0.25, 0.3) is 5.56 Å². The van der Waals surface area contributed by atoms with Gasteiger partial charge in [-0.05, 0) is 55.3 Å². The standard InChI is InChI=1S/C26H24BrN3O5S/c1-5-33-25(32)22-14(2)28-26-30(23(22)15-6-8-17(9-7-15)29(3)4)24(31)21(36-26)11-16-10-19-20(12-18(16)27)35-13-34-19/h6-12,23H,5,13H2,1-4H3/b21-11-/t23-/m0/s1. The molecule has 0 saturated carbocycles. The third-order valence-electron chi connectivity index (χ3n) is 6.02. The highest BCUT2D eigenvalue weighted by Gasteiger charge is 2.33. The van der Waals surface area contributed by atoms with Crippen molar-refractivity contribution < 1.29 is 19.0 Å². The number of hydrogen-bond acceptors (Lipinski definition) is 8. The maximum Gasteiger partial charge on any atom is 0.338 e. The Morgan fingerprint density at radius 3 is 2.61 bits per heavy atom. The molecule has 0 aliphatic carbocycles. The number of fused-ring (bicyclic) bond motifs is 2. The van der Waals surface area contributed by atoms with E-state index < -0.39 is 12.0 Å². The summed E-state index contributed by atoms with van der Waals surface area (Å²) in [5.74, 6) is 0.793. The number of thiazole rings is 1. The molecular weight excluding hydrogens is 546 g/mol. The van der Waals surface area contributed by atoms with Crippen LogP contribution < -0.4 is 29.3 Å². The van der Waals surface area contributed by atoms with E-state index in [0.717, 1.165) is 21.3 Å². The van der Waals surface area contributed by atoms with Crippen molar-refractivity contribution in [3.05, 3.63) is 83.0 Å². The Balaban J connectivity index is 1.69. The van der Waals surface area contributed by atoms with E-state index in [9.17, 15) is 9.59 Å². The van der Waals surface area contributed by atoms with Crippen LogP contribution in [-0.2, 0) is 9.53 Å². The van der Waals surface area contributed by atoms with Gasteiger partial charge in [-0.1, -0.05) is 39.4 Å². The third kappa shape index (κ3) is 4.24. The number of benzene rings is 2. The number of rotatable bonds is 5. The van der Waals surface area contributed by atoms with Crippen molar-refractivity contribution in [2.24, 2.45) is 4.99 Å². The number of allylic oxidation sites excluding steroid dienone is 1. The van der Waals surface area contributed by atoms with E-state index >= 15 is 0 Å². The van der Waals surface area contributed by atoms with Gasteiger partial charge < -0.3 is 19.1 Å². The monoisotopic (exact) mass is 569 g/mol. The molecule has 1 aromatic heterocycles. The van der Waals surface area contributed by atoms with Gasteiger partial charge in [-0.3, -0.25) is 9.36 Å². The first-order valence-electron chi connectivity index (χ1n) is 11.3. The van der Waals surface area contributed by atoms with Gasteiger partial charge in [0.1, 0.15) is 0 Å². The zero-order chi connectivity index (χ0) is 25.6. The van der Waals surface area contributed by atoms with Gasteiger partial charge in [-0.2, -0.15) is 0 Å². The average molecular weight is 570 g/mol. The summed E-state index contributed by atoms with van der Waals surface area (Å²) in [6, 6.07) is 10.8. The topological polar surface area (TPSA) is 82.4 Å². The molecule has 0 bridgehead atoms. The molecule has 3 heterocycles. The number of ether oxygens (including phenoxy) is 3. The average Bonchev–Trinajstić information content (AvgIpc) is 3.42. The van der Waals surface area contributed by atoms with Crippen LogP contribution in [-0.4, -0.2) is 38.0 Å². The zero-order valence-electron chi connectivity index (χ0n) is 20.2. The molecule has 3 aromatic rings. The van der Waals surface area contributed by atoms with Gasteiger partial charge in [0, 0.05) is 24.3 Å². The molecule has 5 rings (SSSR count). The molecule has 0 radical (unpaired) electrons. The summed E-state index contributed by atoms with van der Waals surface area (Å²) in [5, 5.41) is 0. The number of halogens is 1. The first kappa shape index (κ1) is 24.3. The van der Waals surface area contributed by atoms with Gasteiger partial charge in [0.05, 0.1) is 28.5 Å². The van der Waals surface area contributed by atoms with Gasteiger partial charge in [-0.25, -0.2) is 9.79 Å². The van der Waals surface area contributed by atoms with Crippen LogP contribution in [0.5, 0.6) is 11.5 Å². The Morgan fingerprint density at radius 2 is 1.94 bits per heavy atom. The summed E-state index contributed by atoms with van der Waals surface area (Å²) < 4.78 is 19.1. The van der Waals surface area contributed by atoms with Gasteiger partial charge >= 0.3 is 5.97 Å². The van der Waals surface area contributed by atoms with Crippen molar-refractivity contribution in [1.82, 2.24) is 4.57 Å². The van der Waals surface area contributed by atoms with E-state index in [-0.39, 0.29) is 19.0 Å². The van der Waals surface area contributed by atoms with Gasteiger partial charge in [-0.15, -0.1) is 0 Å². The fourth-order valence-corrected chi connectivity index (χ4v) is 5.72. The minimum absolute atomic E-state index is 0.163. The molecule has 186 valence electrons. The molecule has 2 aromatic carbocycles. The van der Waals surface area contributed by atoms with E-state index in [1.54, 1.807) is 24.5 Å². The Hall–Kier alpha value is -3.37. The third-order valence-corrected chi connectivity index (χ3v) is 7.69. The van der Waals surface area contributed by atoms with Crippen molar-refractivity contribution in [2.45, 2.75) is 19.9 Å². The molecule has 0 spiro atoms. The Bertz CT molecular complexity index is 1570. The SMILES string of the molecule is CCOC(=O)C1=C(C)N=c2s/c(=C\c3cc4c(cc3Br)OCO4)c(=O)n2[C@H]1c1ccc(N(C)C)cc1. The molecule has 8 nitrogen and oxygen atoms in total. The summed E-state index contributed by atoms with van der Waals surface area (Å²) in [6.07, 6.45) is 1.80. The summed E-state index contributed by atoms with van der Waals surface area (Å²) in [5.41, 5.74) is 3.24. The first-order chi connectivity index (χ1) is 17.3. The quantitative estimate of drug-likeness (QED) is 0.438. The minimum Gasteiger partial charge on any atom is -0.463 e. The van der Waals surface area contributed by atoms with Crippen molar-refractivity contribution in [3.8, 4) is 11.5 Å². The highest BCUT2D eigenvalue weighted by molar-refractivity contribution is 9.10. The summed E-state index contributed by atoms with van der Waals surface area (Å²) >= 11 is 4.84. The van der Waals surface area contributed by atoms with Crippen LogP contribution in [0.1, 0.15) is 31.0 Å². The number of hydrogen-bond donors (Lipinski definition) is 0. The van der Waals surface area contributed by atoms with Gasteiger partial charge in [0.15, 0.2) is 16.3 Å². The molecule has 0 fully saturated rings. The van der Waals surface area contributed by atoms with Crippen LogP contribution in [0.2, 0.25) is 0 Å². The molecular formula is C26H24BrN3O5S. The van der Waals surface area contributed by atoms with Crippen molar-refractivity contribution in [1.29, 1.82) is 0 Å². The van der Waals surface area contributed by atoms with E-state index in [1.807, 2.05) is 55.4 Å². The summed E-state index contributed by atoms with van der Waals surface area (Å²) in [4.78, 5) is 34.0. The fourth-order valence-electron chi connectivity index (χ4n) is 4.25. The highest BCUT2D eigenvalue weighted by atomic mass is 79.9. The molecule has 0 unspecified atom stereocenters. The minimum atomic E-state index is -0.654. The highest BCUT2D eigenvalue weighted by Crippen LogP contribution is 2.37. The van der Waals surface area contributed by atoms with E-state index in [1.165, 1.54) is 11.3 Å². The van der Waals surface area contributed by atoms with Gasteiger partial charge in [0.2, 0.25) is 6.79 Å². The predicted octanol–water partition coefficient (Wildman–Crippen LogP) is 3.36. The second kappa shape index (κ2) is 9.59. The second-order valence-electron chi connectivity index (χ2n) is 8.52. The molecule has 10 heteroatoms. The van der Waals surface area contributed by atoms with Crippen LogP contribution >= 0.6 is 27.3 Å². The Labute approximate surface area is 219 Å². The van der Waals surface area contributed by atoms with Crippen molar-refractivity contribution in [2.75, 3.05) is 32.4 Å². The number of aromatic nitrogens is 1. The Morgan fingerprint density at radius 1 is 1.25 bits per heavy atom. The summed E-state index contributed by atoms with van der Waals surface area (Å²) in [6.45, 7) is 3.92. The predicted molar refractivity (Wildman–Crippen MR) is 141 cm³/mol. The van der Waals surface area contributed by atoms with Crippen LogP contribution in [0.4, 0.5) is 5.69 Å². The first-order valence-corrected chi connectivity index (χ1v) is 13.0. The smallest absolute Gasteiger partial charge is 0.338 e. The lowest BCUT2D eigenvalue weighted by Gasteiger charge is -2.25. The number of nitrogens with zero attached hydrogens (tertiary/aromatic N) is 3. The second-order valence-corrected chi connectivity index (χ2v) is 10.4. The van der Waals surface area contributed by atoms with E-state index in [0.29, 0.717) is 32.1 Å². The molecule has 0 saturated heterocycles. The van der Waals surface area contributed by atoms with Crippen molar-refractivity contribution in [3.63, 3.8) is 0 Å². The van der Waals surface area contributed by atoms with Crippen LogP contribution in [0.15, 0.2) is 61.9 Å². The van der Waals surface area contributed by atoms with E-state index in [4.69, 9.17) is 14.2 Å². The largest absolute Gasteiger partial charge is 0.463 e. The van der Waals surface area contributed by atoms with E-state index in [2.05, 4.69) is 20.9 Å². The molecule has 2 aliphatic heterocycles. The normalized spacial score (nSPS) is 16.6. The molecule has 0 amide bonds. The molecule has 1 atom stereocenters. The zero-order valence-corrected chi connectivity index (χ0v) is 22.6. The molecule has 36 heavy (non-hydrogen) atoms. The Kier molecular flexibility index (Phi) is 6.48. The maximum absolute atomic E-state index is 13.8. The number of anilines is 1. The lowest BCUT2D eigenvalue weighted by molar-refractivity contribution is -0.139. The van der Waals surface area contributed by atoms with Crippen LogP contribution in [0.25, 0.3) is 6.08 Å². The lowest BCUT2D eigenvalue weighted by atomic mass is 9.95. The van der Waals surface area contributed by atoms with Crippen LogP contribution in [0, 0.1) is 0 Å². The number of carbonyl (C=O) groups is 1. The fraction of sp³-hybridized carbons (Fsp3) is 0.269. The van der Waals surface area contributed by atoms with Crippen molar-refractivity contribution >= 4 is 45.0 Å². The van der Waals surface area contributed by atoms with Crippen LogP contribution in [0.3, 0.4) is 0 Å². The molecule has 2 aliphatic rings. The summed E-state index contributed by atoms with van der Waals surface area (Å²) in [7, 11) is 3.92. The number of carbonyl (C=O) groups excluding carboxylic acids is 1. The number of esters is 1. The molecule has 0 N–H and O–H groups in total.